The fourth-order valence-electron chi connectivity index (χ4n) is 1.63. The average Bonchev–Trinajstić information content (AvgIpc) is 2.54. The van der Waals surface area contributed by atoms with Crippen LogP contribution in [0.1, 0.15) is 15.9 Å². The minimum Gasteiger partial charge on any atom is -0.478 e. The maximum absolute atomic E-state index is 11.3. The van der Waals surface area contributed by atoms with Crippen molar-refractivity contribution in [3.63, 3.8) is 0 Å². The number of hydrogen-bond donors (Lipinski definition) is 2. The second-order valence-electron chi connectivity index (χ2n) is 3.23. The Hall–Kier alpha value is -2.37. The van der Waals surface area contributed by atoms with Gasteiger partial charge in [0.15, 0.2) is 0 Å². The van der Waals surface area contributed by atoms with Gasteiger partial charge in [-0.05, 0) is 6.07 Å². The number of esters is 1. The van der Waals surface area contributed by atoms with E-state index in [0.717, 1.165) is 0 Å². The molecule has 2 rings (SSSR count). The zero-order chi connectivity index (χ0) is 11.9. The molecular formula is C10H6O6. The van der Waals surface area contributed by atoms with Gasteiger partial charge in [-0.25, -0.2) is 14.4 Å². The highest BCUT2D eigenvalue weighted by molar-refractivity contribution is 6.11. The first-order valence-electron chi connectivity index (χ1n) is 4.30. The Morgan fingerprint density at radius 1 is 1.12 bits per heavy atom. The molecule has 0 unspecified atom stereocenters. The Labute approximate surface area is 89.1 Å². The van der Waals surface area contributed by atoms with E-state index in [9.17, 15) is 14.4 Å². The van der Waals surface area contributed by atoms with Gasteiger partial charge in [0.05, 0.1) is 5.56 Å². The molecule has 0 amide bonds. The van der Waals surface area contributed by atoms with Crippen LogP contribution in [-0.4, -0.2) is 28.1 Å². The van der Waals surface area contributed by atoms with Gasteiger partial charge in [0, 0.05) is 5.56 Å². The van der Waals surface area contributed by atoms with Gasteiger partial charge < -0.3 is 14.9 Å². The third-order valence-electron chi connectivity index (χ3n) is 2.37. The first-order valence-corrected chi connectivity index (χ1v) is 4.30. The molecule has 1 heterocycles. The van der Waals surface area contributed by atoms with E-state index in [-0.39, 0.29) is 11.1 Å². The first kappa shape index (κ1) is 10.2. The molecule has 0 saturated heterocycles. The predicted octanol–water partition coefficient (Wildman–Crippen LogP) is 0.221. The summed E-state index contributed by atoms with van der Waals surface area (Å²) in [7, 11) is 0. The molecule has 1 aliphatic rings. The molecule has 0 aliphatic carbocycles. The van der Waals surface area contributed by atoms with Gasteiger partial charge in [-0.1, -0.05) is 18.2 Å². The molecular weight excluding hydrogens is 216 g/mol. The van der Waals surface area contributed by atoms with Crippen LogP contribution < -0.4 is 0 Å². The molecule has 82 valence electrons. The van der Waals surface area contributed by atoms with E-state index >= 15 is 0 Å². The number of benzene rings is 1. The number of fused-ring (bicyclic) bond motifs is 1. The van der Waals surface area contributed by atoms with Gasteiger partial charge >= 0.3 is 23.5 Å². The highest BCUT2D eigenvalue weighted by Crippen LogP contribution is 2.36. The van der Waals surface area contributed by atoms with E-state index in [1.54, 1.807) is 0 Å². The number of ether oxygens (including phenoxy) is 1. The van der Waals surface area contributed by atoms with Crippen molar-refractivity contribution in [2.24, 2.45) is 0 Å². The molecule has 16 heavy (non-hydrogen) atoms. The third-order valence-corrected chi connectivity index (χ3v) is 2.37. The number of cyclic esters (lactones) is 1. The summed E-state index contributed by atoms with van der Waals surface area (Å²) >= 11 is 0. The lowest BCUT2D eigenvalue weighted by Crippen LogP contribution is -2.43. The van der Waals surface area contributed by atoms with Crippen molar-refractivity contribution in [1.82, 2.24) is 0 Å². The average molecular weight is 222 g/mol. The van der Waals surface area contributed by atoms with Crippen LogP contribution in [0.5, 0.6) is 0 Å². The molecule has 1 aromatic carbocycles. The quantitative estimate of drug-likeness (QED) is 0.548. The minimum absolute atomic E-state index is 0.0349. The standard InChI is InChI=1S/C10H6O6/c11-7-5-3-1-2-4-6(5)10(16-7,8(12)13)9(14)15/h1-4H,(H,12,13)(H,14,15). The number of rotatable bonds is 2. The Morgan fingerprint density at radius 3 is 2.25 bits per heavy atom. The molecule has 0 bridgehead atoms. The molecule has 0 aromatic heterocycles. The van der Waals surface area contributed by atoms with E-state index in [4.69, 9.17) is 10.2 Å². The van der Waals surface area contributed by atoms with Crippen LogP contribution in [0.3, 0.4) is 0 Å². The van der Waals surface area contributed by atoms with Crippen molar-refractivity contribution in [1.29, 1.82) is 0 Å². The summed E-state index contributed by atoms with van der Waals surface area (Å²) in [4.78, 5) is 33.4. The Kier molecular flexibility index (Phi) is 1.94. The monoisotopic (exact) mass is 222 g/mol. The fraction of sp³-hybridized carbons (Fsp3) is 0.100. The number of aliphatic carboxylic acids is 2. The molecule has 2 N–H and O–H groups in total. The molecule has 0 fully saturated rings. The Bertz CT molecular complexity index is 490. The number of hydrogen-bond acceptors (Lipinski definition) is 4. The lowest BCUT2D eigenvalue weighted by atomic mass is 9.92. The van der Waals surface area contributed by atoms with Gasteiger partial charge in [-0.2, -0.15) is 0 Å². The van der Waals surface area contributed by atoms with Crippen molar-refractivity contribution in [2.45, 2.75) is 5.60 Å². The van der Waals surface area contributed by atoms with Crippen LogP contribution >= 0.6 is 0 Å². The molecule has 6 nitrogen and oxygen atoms in total. The minimum atomic E-state index is -2.62. The highest BCUT2D eigenvalue weighted by Gasteiger charge is 2.58. The predicted molar refractivity (Wildman–Crippen MR) is 48.8 cm³/mol. The van der Waals surface area contributed by atoms with Crippen molar-refractivity contribution >= 4 is 17.9 Å². The largest absolute Gasteiger partial charge is 0.478 e. The van der Waals surface area contributed by atoms with Crippen molar-refractivity contribution in [3.8, 4) is 0 Å². The molecule has 0 atom stereocenters. The lowest BCUT2D eigenvalue weighted by Gasteiger charge is -2.18. The summed E-state index contributed by atoms with van der Waals surface area (Å²) in [5.41, 5.74) is -2.81. The van der Waals surface area contributed by atoms with Crippen LogP contribution in [-0.2, 0) is 19.9 Å². The topological polar surface area (TPSA) is 101 Å². The van der Waals surface area contributed by atoms with Gasteiger partial charge in [0.25, 0.3) is 0 Å². The summed E-state index contributed by atoms with van der Waals surface area (Å²) in [5, 5.41) is 17.9. The summed E-state index contributed by atoms with van der Waals surface area (Å²) in [6, 6.07) is 5.52. The first-order chi connectivity index (χ1) is 7.50. The second kappa shape index (κ2) is 3.06. The maximum Gasteiger partial charge on any atom is 0.365 e. The number of carbonyl (C=O) groups excluding carboxylic acids is 1. The van der Waals surface area contributed by atoms with Crippen molar-refractivity contribution < 1.29 is 29.3 Å². The van der Waals surface area contributed by atoms with Gasteiger partial charge in [-0.3, -0.25) is 0 Å². The Balaban J connectivity index is 2.74. The van der Waals surface area contributed by atoms with Crippen molar-refractivity contribution in [2.75, 3.05) is 0 Å². The zero-order valence-electron chi connectivity index (χ0n) is 7.84. The van der Waals surface area contributed by atoms with E-state index in [0.29, 0.717) is 0 Å². The number of carboxylic acids is 2. The van der Waals surface area contributed by atoms with E-state index in [1.165, 1.54) is 24.3 Å². The maximum atomic E-state index is 11.3. The summed E-state index contributed by atoms with van der Waals surface area (Å²) in [6.45, 7) is 0. The number of carbonyl (C=O) groups is 3. The molecule has 1 aliphatic heterocycles. The van der Waals surface area contributed by atoms with Crippen LogP contribution in [0.15, 0.2) is 24.3 Å². The normalized spacial score (nSPS) is 16.4. The van der Waals surface area contributed by atoms with Crippen LogP contribution in [0, 0.1) is 0 Å². The van der Waals surface area contributed by atoms with Crippen LogP contribution in [0.25, 0.3) is 0 Å². The third kappa shape index (κ3) is 1.04. The van der Waals surface area contributed by atoms with Gasteiger partial charge in [0.1, 0.15) is 0 Å². The summed E-state index contributed by atoms with van der Waals surface area (Å²) < 4.78 is 4.50. The number of carboxylic acid groups (broad SMARTS) is 2. The van der Waals surface area contributed by atoms with Gasteiger partial charge in [-0.15, -0.1) is 0 Å². The molecule has 0 radical (unpaired) electrons. The van der Waals surface area contributed by atoms with E-state index < -0.39 is 23.5 Å². The molecule has 6 heteroatoms. The van der Waals surface area contributed by atoms with E-state index in [2.05, 4.69) is 4.74 Å². The smallest absolute Gasteiger partial charge is 0.365 e. The Morgan fingerprint density at radius 2 is 1.69 bits per heavy atom. The molecule has 0 saturated carbocycles. The summed E-state index contributed by atoms with van der Waals surface area (Å²) in [6.07, 6.45) is 0. The van der Waals surface area contributed by atoms with Crippen molar-refractivity contribution in [3.05, 3.63) is 35.4 Å². The second-order valence-corrected chi connectivity index (χ2v) is 3.23. The van der Waals surface area contributed by atoms with Crippen LogP contribution in [0.4, 0.5) is 0 Å². The van der Waals surface area contributed by atoms with Crippen LogP contribution in [0.2, 0.25) is 0 Å². The fourth-order valence-corrected chi connectivity index (χ4v) is 1.63. The SMILES string of the molecule is O=C1OC(C(=O)O)(C(=O)O)c2ccccc21. The van der Waals surface area contributed by atoms with E-state index in [1.807, 2.05) is 0 Å². The lowest BCUT2D eigenvalue weighted by molar-refractivity contribution is -0.176. The molecule has 0 spiro atoms. The van der Waals surface area contributed by atoms with Gasteiger partial charge in [0.2, 0.25) is 0 Å². The zero-order valence-corrected chi connectivity index (χ0v) is 7.84. The summed E-state index contributed by atoms with van der Waals surface area (Å²) in [5.74, 6) is -4.39. The highest BCUT2D eigenvalue weighted by atomic mass is 16.6. The molecule has 1 aromatic rings.